The number of nitrogens with zero attached hydrogens (tertiary/aromatic N) is 1. The Morgan fingerprint density at radius 3 is 2.31 bits per heavy atom. The lowest BCUT2D eigenvalue weighted by Gasteiger charge is -2.11. The van der Waals surface area contributed by atoms with E-state index in [1.807, 2.05) is 0 Å². The highest BCUT2D eigenvalue weighted by molar-refractivity contribution is 9.10. The molecule has 0 aliphatic heterocycles. The SMILES string of the molecule is CN(C)C(=O)c1cc(Br)cc(S(=O)(=O)Cl)c1. The van der Waals surface area contributed by atoms with E-state index in [0.717, 1.165) is 0 Å². The first-order chi connectivity index (χ1) is 7.21. The van der Waals surface area contributed by atoms with Gasteiger partial charge < -0.3 is 4.90 Å². The Morgan fingerprint density at radius 1 is 1.31 bits per heavy atom. The molecule has 0 bridgehead atoms. The van der Waals surface area contributed by atoms with E-state index in [0.29, 0.717) is 4.47 Å². The van der Waals surface area contributed by atoms with E-state index in [-0.39, 0.29) is 16.4 Å². The van der Waals surface area contributed by atoms with Crippen LogP contribution in [-0.2, 0) is 9.05 Å². The molecule has 16 heavy (non-hydrogen) atoms. The van der Waals surface area contributed by atoms with Crippen molar-refractivity contribution >= 4 is 41.6 Å². The van der Waals surface area contributed by atoms with Gasteiger partial charge in [0.15, 0.2) is 0 Å². The van der Waals surface area contributed by atoms with Crippen LogP contribution in [0.15, 0.2) is 27.6 Å². The second kappa shape index (κ2) is 4.73. The third kappa shape index (κ3) is 3.20. The van der Waals surface area contributed by atoms with Crippen molar-refractivity contribution in [3.63, 3.8) is 0 Å². The third-order valence-corrected chi connectivity index (χ3v) is 3.60. The van der Waals surface area contributed by atoms with Crippen molar-refractivity contribution in [2.75, 3.05) is 14.1 Å². The van der Waals surface area contributed by atoms with E-state index in [9.17, 15) is 13.2 Å². The molecule has 1 amide bonds. The first-order valence-electron chi connectivity index (χ1n) is 4.18. The fraction of sp³-hybridized carbons (Fsp3) is 0.222. The smallest absolute Gasteiger partial charge is 0.261 e. The third-order valence-electron chi connectivity index (χ3n) is 1.81. The predicted octanol–water partition coefficient (Wildman–Crippen LogP) is 2.08. The van der Waals surface area contributed by atoms with Gasteiger partial charge in [-0.25, -0.2) is 8.42 Å². The van der Waals surface area contributed by atoms with Gasteiger partial charge in [-0.3, -0.25) is 4.79 Å². The summed E-state index contributed by atoms with van der Waals surface area (Å²) in [5.74, 6) is -0.289. The summed E-state index contributed by atoms with van der Waals surface area (Å²) in [7, 11) is 4.54. The molecule has 0 radical (unpaired) electrons. The summed E-state index contributed by atoms with van der Waals surface area (Å²) >= 11 is 3.13. The van der Waals surface area contributed by atoms with Crippen LogP contribution in [0.3, 0.4) is 0 Å². The van der Waals surface area contributed by atoms with Crippen LogP contribution >= 0.6 is 26.6 Å². The van der Waals surface area contributed by atoms with Crippen LogP contribution in [0, 0.1) is 0 Å². The van der Waals surface area contributed by atoms with Gasteiger partial charge >= 0.3 is 0 Å². The minimum absolute atomic E-state index is 0.103. The maximum atomic E-state index is 11.6. The lowest BCUT2D eigenvalue weighted by atomic mass is 10.2. The number of amides is 1. The van der Waals surface area contributed by atoms with Gasteiger partial charge in [0.25, 0.3) is 15.0 Å². The summed E-state index contributed by atoms with van der Waals surface area (Å²) in [6.07, 6.45) is 0. The Hall–Kier alpha value is -0.590. The van der Waals surface area contributed by atoms with Crippen molar-refractivity contribution in [2.45, 2.75) is 4.90 Å². The van der Waals surface area contributed by atoms with Gasteiger partial charge in [0, 0.05) is 34.8 Å². The molecule has 0 unspecified atom stereocenters. The Kier molecular flexibility index (Phi) is 3.98. The first-order valence-corrected chi connectivity index (χ1v) is 7.29. The molecule has 0 aliphatic rings. The van der Waals surface area contributed by atoms with Crippen molar-refractivity contribution < 1.29 is 13.2 Å². The Balaban J connectivity index is 3.35. The summed E-state index contributed by atoms with van der Waals surface area (Å²) in [6.45, 7) is 0. The molecule has 0 saturated carbocycles. The zero-order valence-electron chi connectivity index (χ0n) is 8.57. The number of hydrogen-bond acceptors (Lipinski definition) is 3. The average Bonchev–Trinajstić information content (AvgIpc) is 2.14. The fourth-order valence-electron chi connectivity index (χ4n) is 1.09. The summed E-state index contributed by atoms with van der Waals surface area (Å²) < 4.78 is 22.8. The quantitative estimate of drug-likeness (QED) is 0.782. The van der Waals surface area contributed by atoms with E-state index in [1.54, 1.807) is 14.1 Å². The van der Waals surface area contributed by atoms with Crippen LogP contribution in [0.1, 0.15) is 10.4 Å². The van der Waals surface area contributed by atoms with Gasteiger partial charge in [0.05, 0.1) is 4.90 Å². The molecule has 88 valence electrons. The average molecular weight is 327 g/mol. The predicted molar refractivity (Wildman–Crippen MR) is 65.2 cm³/mol. The molecular weight excluding hydrogens is 318 g/mol. The minimum Gasteiger partial charge on any atom is -0.345 e. The Bertz CT molecular complexity index is 528. The van der Waals surface area contributed by atoms with Crippen LogP contribution in [0.4, 0.5) is 0 Å². The van der Waals surface area contributed by atoms with E-state index < -0.39 is 9.05 Å². The molecule has 1 rings (SSSR count). The van der Waals surface area contributed by atoms with E-state index in [4.69, 9.17) is 10.7 Å². The highest BCUT2D eigenvalue weighted by Gasteiger charge is 2.16. The largest absolute Gasteiger partial charge is 0.345 e. The first kappa shape index (κ1) is 13.5. The van der Waals surface area contributed by atoms with Crippen LogP contribution < -0.4 is 0 Å². The molecule has 1 aromatic rings. The van der Waals surface area contributed by atoms with E-state index in [2.05, 4.69) is 15.9 Å². The van der Waals surface area contributed by atoms with Crippen LogP contribution in [0.25, 0.3) is 0 Å². The lowest BCUT2D eigenvalue weighted by molar-refractivity contribution is 0.0827. The number of hydrogen-bond donors (Lipinski definition) is 0. The zero-order chi connectivity index (χ0) is 12.5. The van der Waals surface area contributed by atoms with Gasteiger partial charge in [-0.1, -0.05) is 15.9 Å². The molecule has 0 N–H and O–H groups in total. The van der Waals surface area contributed by atoms with E-state index in [1.165, 1.54) is 23.1 Å². The molecule has 0 heterocycles. The second-order valence-corrected chi connectivity index (χ2v) is 6.79. The normalized spacial score (nSPS) is 11.2. The molecule has 0 aromatic heterocycles. The van der Waals surface area contributed by atoms with Gasteiger partial charge in [-0.05, 0) is 18.2 Å². The molecule has 0 saturated heterocycles. The molecule has 0 spiro atoms. The summed E-state index contributed by atoms with van der Waals surface area (Å²) in [5, 5.41) is 0. The van der Waals surface area contributed by atoms with Crippen molar-refractivity contribution in [1.82, 2.24) is 4.90 Å². The van der Waals surface area contributed by atoms with Crippen LogP contribution in [0.5, 0.6) is 0 Å². The number of benzene rings is 1. The maximum Gasteiger partial charge on any atom is 0.261 e. The summed E-state index contributed by atoms with van der Waals surface area (Å²) in [6, 6.07) is 4.12. The maximum absolute atomic E-state index is 11.6. The second-order valence-electron chi connectivity index (χ2n) is 3.31. The molecule has 0 aliphatic carbocycles. The van der Waals surface area contributed by atoms with Crippen molar-refractivity contribution in [3.05, 3.63) is 28.2 Å². The molecule has 0 fully saturated rings. The zero-order valence-corrected chi connectivity index (χ0v) is 11.7. The number of rotatable bonds is 2. The van der Waals surface area contributed by atoms with Crippen molar-refractivity contribution in [1.29, 1.82) is 0 Å². The topological polar surface area (TPSA) is 54.5 Å². The molecular formula is C9H9BrClNO3S. The summed E-state index contributed by atoms with van der Waals surface area (Å²) in [4.78, 5) is 12.9. The Morgan fingerprint density at radius 2 is 1.88 bits per heavy atom. The Labute approximate surface area is 107 Å². The number of carbonyl (C=O) groups is 1. The van der Waals surface area contributed by atoms with Crippen molar-refractivity contribution in [3.8, 4) is 0 Å². The van der Waals surface area contributed by atoms with Crippen LogP contribution in [-0.4, -0.2) is 33.3 Å². The monoisotopic (exact) mass is 325 g/mol. The molecule has 7 heteroatoms. The lowest BCUT2D eigenvalue weighted by Crippen LogP contribution is -2.21. The van der Waals surface area contributed by atoms with Crippen molar-refractivity contribution in [2.24, 2.45) is 0 Å². The molecule has 1 aromatic carbocycles. The van der Waals surface area contributed by atoms with Gasteiger partial charge in [-0.15, -0.1) is 0 Å². The molecule has 4 nitrogen and oxygen atoms in total. The minimum atomic E-state index is -3.84. The highest BCUT2D eigenvalue weighted by atomic mass is 79.9. The highest BCUT2D eigenvalue weighted by Crippen LogP contribution is 2.22. The van der Waals surface area contributed by atoms with Gasteiger partial charge in [0.1, 0.15) is 0 Å². The van der Waals surface area contributed by atoms with Gasteiger partial charge in [-0.2, -0.15) is 0 Å². The van der Waals surface area contributed by atoms with E-state index >= 15 is 0 Å². The fourth-order valence-corrected chi connectivity index (χ4v) is 2.53. The molecule has 0 atom stereocenters. The number of carbonyl (C=O) groups excluding carboxylic acids is 1. The van der Waals surface area contributed by atoms with Crippen LogP contribution in [0.2, 0.25) is 0 Å². The standard InChI is InChI=1S/C9H9BrClNO3S/c1-12(2)9(13)6-3-7(10)5-8(4-6)16(11,14)15/h3-5H,1-2H3. The summed E-state index contributed by atoms with van der Waals surface area (Å²) in [5.41, 5.74) is 0.263. The number of halogens is 2. The van der Waals surface area contributed by atoms with Gasteiger partial charge in [0.2, 0.25) is 0 Å².